The molecule has 0 amide bonds. The molecule has 0 aliphatic heterocycles. The van der Waals surface area contributed by atoms with E-state index in [1.165, 1.54) is 0 Å². The van der Waals surface area contributed by atoms with Crippen LogP contribution in [0.1, 0.15) is 40.4 Å². The number of aryl methyl sites for hydroxylation is 1. The minimum atomic E-state index is 0.517. The van der Waals surface area contributed by atoms with Crippen LogP contribution in [0.15, 0.2) is 0 Å². The van der Waals surface area contributed by atoms with Crippen molar-refractivity contribution in [1.29, 1.82) is 0 Å². The van der Waals surface area contributed by atoms with Gasteiger partial charge in [-0.2, -0.15) is 0 Å². The Balaban J connectivity index is 2.88. The Hall–Kier alpha value is -0.570. The van der Waals surface area contributed by atoms with Crippen LogP contribution in [0.5, 0.6) is 0 Å². The lowest BCUT2D eigenvalue weighted by Crippen LogP contribution is -2.23. The summed E-state index contributed by atoms with van der Waals surface area (Å²) in [6.07, 6.45) is 0.878. The predicted molar refractivity (Wildman–Crippen MR) is 67.6 cm³/mol. The Morgan fingerprint density at radius 1 is 1.12 bits per heavy atom. The Morgan fingerprint density at radius 2 is 1.69 bits per heavy atom. The quantitative estimate of drug-likeness (QED) is 0.794. The van der Waals surface area contributed by atoms with Crippen LogP contribution in [0.25, 0.3) is 0 Å². The fourth-order valence-corrected chi connectivity index (χ4v) is 2.36. The summed E-state index contributed by atoms with van der Waals surface area (Å²) in [5.74, 6) is 2.88. The van der Waals surface area contributed by atoms with Crippen molar-refractivity contribution in [1.82, 2.24) is 14.8 Å². The molecule has 92 valence electrons. The molecule has 16 heavy (non-hydrogen) atoms. The number of aromatic nitrogens is 3. The van der Waals surface area contributed by atoms with Gasteiger partial charge in [-0.3, -0.25) is 0 Å². The van der Waals surface area contributed by atoms with Gasteiger partial charge in [0.15, 0.2) is 0 Å². The van der Waals surface area contributed by atoms with Gasteiger partial charge in [-0.15, -0.1) is 10.2 Å². The molecule has 0 unspecified atom stereocenters. The topological polar surface area (TPSA) is 30.7 Å². The minimum absolute atomic E-state index is 0.517. The fraction of sp³-hybridized carbons (Fsp3) is 0.833. The van der Waals surface area contributed by atoms with E-state index in [1.807, 2.05) is 4.57 Å². The molecule has 3 nitrogen and oxygen atoms in total. The van der Waals surface area contributed by atoms with Crippen molar-refractivity contribution in [3.05, 3.63) is 11.1 Å². The number of hydrogen-bond acceptors (Lipinski definition) is 2. The van der Waals surface area contributed by atoms with Gasteiger partial charge in [0.05, 0.1) is 0 Å². The molecule has 0 radical (unpaired) electrons. The molecule has 4 heteroatoms. The van der Waals surface area contributed by atoms with Crippen LogP contribution in [0, 0.1) is 17.8 Å². The maximum absolute atomic E-state index is 6.07. The Kier molecular flexibility index (Phi) is 4.78. The number of halogens is 1. The van der Waals surface area contributed by atoms with Gasteiger partial charge in [0.2, 0.25) is 5.28 Å². The lowest BCUT2D eigenvalue weighted by Gasteiger charge is -2.25. The van der Waals surface area contributed by atoms with E-state index >= 15 is 0 Å². The number of nitrogens with zero attached hydrogens (tertiary/aromatic N) is 3. The van der Waals surface area contributed by atoms with Crippen molar-refractivity contribution in [2.75, 3.05) is 0 Å². The average Bonchev–Trinajstić information content (AvgIpc) is 2.54. The summed E-state index contributed by atoms with van der Waals surface area (Å²) in [4.78, 5) is 0. The SMILES string of the molecule is CCc1nnc(Cl)n1CC(C(C)C)C(C)C. The Morgan fingerprint density at radius 3 is 2.12 bits per heavy atom. The second kappa shape index (κ2) is 5.67. The summed E-state index contributed by atoms with van der Waals surface area (Å²) in [5.41, 5.74) is 0. The highest BCUT2D eigenvalue weighted by molar-refractivity contribution is 6.28. The Labute approximate surface area is 103 Å². The first-order chi connectivity index (χ1) is 7.47. The van der Waals surface area contributed by atoms with Gasteiger partial charge >= 0.3 is 0 Å². The van der Waals surface area contributed by atoms with E-state index < -0.39 is 0 Å². The second-order valence-electron chi connectivity index (χ2n) is 5.00. The largest absolute Gasteiger partial charge is 0.301 e. The van der Waals surface area contributed by atoms with E-state index in [4.69, 9.17) is 11.6 Å². The standard InChI is InChI=1S/C12H22ClN3/c1-6-11-14-15-12(13)16(11)7-10(8(2)3)9(4)5/h8-10H,6-7H2,1-5H3. The summed E-state index contributed by atoms with van der Waals surface area (Å²) >= 11 is 6.07. The van der Waals surface area contributed by atoms with Crippen molar-refractivity contribution in [3.8, 4) is 0 Å². The first kappa shape index (κ1) is 13.5. The van der Waals surface area contributed by atoms with Gasteiger partial charge in [-0.05, 0) is 29.4 Å². The lowest BCUT2D eigenvalue weighted by molar-refractivity contribution is 0.249. The van der Waals surface area contributed by atoms with Crippen LogP contribution in [-0.4, -0.2) is 14.8 Å². The van der Waals surface area contributed by atoms with E-state index in [1.54, 1.807) is 0 Å². The van der Waals surface area contributed by atoms with Crippen LogP contribution in [-0.2, 0) is 13.0 Å². The van der Waals surface area contributed by atoms with E-state index in [0.717, 1.165) is 18.8 Å². The molecular weight excluding hydrogens is 222 g/mol. The molecule has 0 N–H and O–H groups in total. The van der Waals surface area contributed by atoms with Crippen molar-refractivity contribution in [3.63, 3.8) is 0 Å². The monoisotopic (exact) mass is 243 g/mol. The number of hydrogen-bond donors (Lipinski definition) is 0. The zero-order valence-corrected chi connectivity index (χ0v) is 11.6. The zero-order chi connectivity index (χ0) is 12.3. The third kappa shape index (κ3) is 2.97. The van der Waals surface area contributed by atoms with E-state index in [2.05, 4.69) is 44.8 Å². The maximum Gasteiger partial charge on any atom is 0.225 e. The highest BCUT2D eigenvalue weighted by Gasteiger charge is 2.20. The average molecular weight is 244 g/mol. The summed E-state index contributed by atoms with van der Waals surface area (Å²) in [6.45, 7) is 12.0. The summed E-state index contributed by atoms with van der Waals surface area (Å²) in [5, 5.41) is 8.54. The molecule has 0 saturated heterocycles. The van der Waals surface area contributed by atoms with Crippen LogP contribution in [0.4, 0.5) is 0 Å². The molecule has 0 aliphatic carbocycles. The van der Waals surface area contributed by atoms with Gasteiger partial charge in [-0.1, -0.05) is 34.6 Å². The summed E-state index contributed by atoms with van der Waals surface area (Å²) in [6, 6.07) is 0. The second-order valence-corrected chi connectivity index (χ2v) is 5.34. The number of rotatable bonds is 5. The van der Waals surface area contributed by atoms with Gasteiger partial charge < -0.3 is 4.57 Å². The molecule has 1 rings (SSSR count). The fourth-order valence-electron chi connectivity index (χ4n) is 2.16. The molecule has 0 aliphatic rings. The molecule has 0 spiro atoms. The van der Waals surface area contributed by atoms with Crippen molar-refractivity contribution in [2.24, 2.45) is 17.8 Å². The summed E-state index contributed by atoms with van der Waals surface area (Å²) in [7, 11) is 0. The Bertz CT molecular complexity index is 323. The molecular formula is C12H22ClN3. The first-order valence-corrected chi connectivity index (χ1v) is 6.42. The molecule has 1 aromatic heterocycles. The smallest absolute Gasteiger partial charge is 0.225 e. The van der Waals surface area contributed by atoms with Gasteiger partial charge in [0, 0.05) is 13.0 Å². The molecule has 0 aromatic carbocycles. The lowest BCUT2D eigenvalue weighted by atomic mass is 9.85. The van der Waals surface area contributed by atoms with E-state index in [-0.39, 0.29) is 0 Å². The van der Waals surface area contributed by atoms with Crippen LogP contribution >= 0.6 is 11.6 Å². The van der Waals surface area contributed by atoms with Gasteiger partial charge in [0.1, 0.15) is 5.82 Å². The van der Waals surface area contributed by atoms with Crippen molar-refractivity contribution >= 4 is 11.6 Å². The van der Waals surface area contributed by atoms with E-state index in [9.17, 15) is 0 Å². The van der Waals surface area contributed by atoms with Gasteiger partial charge in [0.25, 0.3) is 0 Å². The molecule has 0 saturated carbocycles. The van der Waals surface area contributed by atoms with E-state index in [0.29, 0.717) is 23.0 Å². The first-order valence-electron chi connectivity index (χ1n) is 6.04. The van der Waals surface area contributed by atoms with Gasteiger partial charge in [-0.25, -0.2) is 0 Å². The van der Waals surface area contributed by atoms with Crippen molar-refractivity contribution < 1.29 is 0 Å². The van der Waals surface area contributed by atoms with Crippen molar-refractivity contribution in [2.45, 2.75) is 47.6 Å². The third-order valence-electron chi connectivity index (χ3n) is 3.20. The maximum atomic E-state index is 6.07. The third-order valence-corrected chi connectivity index (χ3v) is 3.48. The molecule has 0 atom stereocenters. The van der Waals surface area contributed by atoms with Crippen LogP contribution < -0.4 is 0 Å². The molecule has 1 aromatic rings. The molecule has 1 heterocycles. The minimum Gasteiger partial charge on any atom is -0.301 e. The normalized spacial score (nSPS) is 12.1. The molecule has 0 bridgehead atoms. The summed E-state index contributed by atoms with van der Waals surface area (Å²) < 4.78 is 2.05. The highest BCUT2D eigenvalue weighted by Crippen LogP contribution is 2.24. The highest BCUT2D eigenvalue weighted by atomic mass is 35.5. The predicted octanol–water partition coefficient (Wildman–Crippen LogP) is 3.42. The van der Waals surface area contributed by atoms with Crippen LogP contribution in [0.2, 0.25) is 5.28 Å². The van der Waals surface area contributed by atoms with Crippen LogP contribution in [0.3, 0.4) is 0 Å². The zero-order valence-electron chi connectivity index (χ0n) is 10.9. The molecule has 0 fully saturated rings.